The van der Waals surface area contributed by atoms with Crippen LogP contribution >= 0.6 is 0 Å². The number of quaternary nitrogens is 1. The summed E-state index contributed by atoms with van der Waals surface area (Å²) >= 11 is 0. The number of nitrogens with one attached hydrogen (secondary N) is 2. The van der Waals surface area contributed by atoms with Crippen LogP contribution in [0.2, 0.25) is 0 Å². The van der Waals surface area contributed by atoms with E-state index in [-0.39, 0.29) is 0 Å². The van der Waals surface area contributed by atoms with Crippen LogP contribution in [0.3, 0.4) is 0 Å². The first-order valence-electron chi connectivity index (χ1n) is 5.54. The normalized spacial score (nSPS) is 26.3. The van der Waals surface area contributed by atoms with Gasteiger partial charge in [0.2, 0.25) is 0 Å². The monoisotopic (exact) mass is 210 g/mol. The standard InChI is InChI=1S/C12H24N3/c1-12(2,3)10-15(14-5)8-6-11(13-4)7-9-15/h6-8,13-14H,9-10H2,1-5H3/q+1. The minimum atomic E-state index is 0.318. The molecule has 0 aromatic heterocycles. The SMILES string of the molecule is CNC1=CC[N+](CC(C)(C)C)(NC)C=C1. The molecular weight excluding hydrogens is 186 g/mol. The summed E-state index contributed by atoms with van der Waals surface area (Å²) in [5.41, 5.74) is 4.92. The number of rotatable bonds is 3. The molecule has 0 aliphatic carbocycles. The second-order valence-electron chi connectivity index (χ2n) is 5.38. The number of nitrogens with zero attached hydrogens (tertiary/aromatic N) is 1. The molecule has 0 saturated heterocycles. The number of hydrogen-bond acceptors (Lipinski definition) is 2. The Bertz CT molecular complexity index is 273. The van der Waals surface area contributed by atoms with Gasteiger partial charge in [0.25, 0.3) is 0 Å². The molecule has 1 aliphatic heterocycles. The summed E-state index contributed by atoms with van der Waals surface area (Å²) in [6, 6.07) is 0. The van der Waals surface area contributed by atoms with Crippen molar-refractivity contribution in [1.29, 1.82) is 0 Å². The van der Waals surface area contributed by atoms with Gasteiger partial charge in [-0.2, -0.15) is 5.43 Å². The molecule has 86 valence electrons. The van der Waals surface area contributed by atoms with E-state index in [1.807, 2.05) is 14.1 Å². The highest BCUT2D eigenvalue weighted by atomic mass is 15.6. The largest absolute Gasteiger partial charge is 0.388 e. The molecule has 0 saturated carbocycles. The Labute approximate surface area is 93.4 Å². The zero-order valence-electron chi connectivity index (χ0n) is 10.6. The molecule has 1 atom stereocenters. The molecule has 0 aromatic carbocycles. The third-order valence-electron chi connectivity index (χ3n) is 2.67. The first kappa shape index (κ1) is 12.3. The van der Waals surface area contributed by atoms with E-state index in [0.29, 0.717) is 5.41 Å². The Hall–Kier alpha value is -0.800. The summed E-state index contributed by atoms with van der Waals surface area (Å²) in [6.45, 7) is 8.91. The van der Waals surface area contributed by atoms with Crippen molar-refractivity contribution in [2.45, 2.75) is 20.8 Å². The van der Waals surface area contributed by atoms with Gasteiger partial charge in [-0.3, -0.25) is 0 Å². The summed E-state index contributed by atoms with van der Waals surface area (Å²) in [5.74, 6) is 0. The molecule has 3 nitrogen and oxygen atoms in total. The minimum absolute atomic E-state index is 0.318. The molecule has 1 unspecified atom stereocenters. The first-order chi connectivity index (χ1) is 6.91. The smallest absolute Gasteiger partial charge is 0.122 e. The van der Waals surface area contributed by atoms with E-state index in [1.165, 1.54) is 5.70 Å². The lowest BCUT2D eigenvalue weighted by atomic mass is 9.95. The quantitative estimate of drug-likeness (QED) is 0.692. The maximum atomic E-state index is 3.40. The van der Waals surface area contributed by atoms with Crippen molar-refractivity contribution < 1.29 is 4.59 Å². The number of hydrogen-bond donors (Lipinski definition) is 2. The van der Waals surface area contributed by atoms with E-state index in [0.717, 1.165) is 17.7 Å². The molecule has 1 rings (SSSR count). The van der Waals surface area contributed by atoms with E-state index in [2.05, 4.69) is 49.9 Å². The number of allylic oxidation sites excluding steroid dienone is 1. The van der Waals surface area contributed by atoms with Crippen LogP contribution in [0.5, 0.6) is 0 Å². The van der Waals surface area contributed by atoms with Crippen molar-refractivity contribution in [1.82, 2.24) is 10.7 Å². The van der Waals surface area contributed by atoms with E-state index in [9.17, 15) is 0 Å². The van der Waals surface area contributed by atoms with E-state index >= 15 is 0 Å². The van der Waals surface area contributed by atoms with Crippen LogP contribution < -0.4 is 10.7 Å². The topological polar surface area (TPSA) is 24.1 Å². The van der Waals surface area contributed by atoms with Crippen molar-refractivity contribution in [2.24, 2.45) is 5.41 Å². The van der Waals surface area contributed by atoms with Crippen LogP contribution in [-0.4, -0.2) is 31.8 Å². The zero-order chi connectivity index (χ0) is 11.5. The predicted octanol–water partition coefficient (Wildman–Crippen LogP) is 1.61. The van der Waals surface area contributed by atoms with Crippen LogP contribution in [0.25, 0.3) is 0 Å². The van der Waals surface area contributed by atoms with Crippen molar-refractivity contribution in [2.75, 3.05) is 27.2 Å². The maximum absolute atomic E-state index is 3.40. The van der Waals surface area contributed by atoms with Gasteiger partial charge in [-0.05, 0) is 6.08 Å². The maximum Gasteiger partial charge on any atom is 0.122 e. The summed E-state index contributed by atoms with van der Waals surface area (Å²) in [6.07, 6.45) is 6.62. The van der Waals surface area contributed by atoms with Crippen molar-refractivity contribution in [3.05, 3.63) is 24.0 Å². The van der Waals surface area contributed by atoms with E-state index in [4.69, 9.17) is 0 Å². The van der Waals surface area contributed by atoms with Crippen molar-refractivity contribution >= 4 is 0 Å². The lowest BCUT2D eigenvalue weighted by molar-refractivity contribution is -0.922. The third-order valence-corrected chi connectivity index (χ3v) is 2.67. The van der Waals surface area contributed by atoms with Crippen LogP contribution in [0.15, 0.2) is 24.0 Å². The molecule has 0 aromatic rings. The van der Waals surface area contributed by atoms with Gasteiger partial charge in [0, 0.05) is 31.3 Å². The molecule has 0 radical (unpaired) electrons. The Balaban J connectivity index is 2.75. The molecule has 2 N–H and O–H groups in total. The Morgan fingerprint density at radius 2 is 2.00 bits per heavy atom. The first-order valence-corrected chi connectivity index (χ1v) is 5.54. The van der Waals surface area contributed by atoms with Gasteiger partial charge >= 0.3 is 0 Å². The van der Waals surface area contributed by atoms with E-state index in [1.54, 1.807) is 0 Å². The Kier molecular flexibility index (Phi) is 3.58. The summed E-state index contributed by atoms with van der Waals surface area (Å²) < 4.78 is 0.828. The van der Waals surface area contributed by atoms with Gasteiger partial charge in [0.1, 0.15) is 19.3 Å². The van der Waals surface area contributed by atoms with Gasteiger partial charge < -0.3 is 5.32 Å². The molecule has 1 heterocycles. The van der Waals surface area contributed by atoms with Gasteiger partial charge in [-0.15, -0.1) is 0 Å². The molecule has 15 heavy (non-hydrogen) atoms. The molecule has 0 fully saturated rings. The lowest BCUT2D eigenvalue weighted by Crippen LogP contribution is -2.57. The molecule has 3 heteroatoms. The van der Waals surface area contributed by atoms with Gasteiger partial charge in [0.15, 0.2) is 0 Å². The molecule has 0 bridgehead atoms. The van der Waals surface area contributed by atoms with Gasteiger partial charge in [-0.1, -0.05) is 20.8 Å². The highest BCUT2D eigenvalue weighted by Crippen LogP contribution is 2.22. The second-order valence-corrected chi connectivity index (χ2v) is 5.38. The van der Waals surface area contributed by atoms with Crippen LogP contribution in [0.4, 0.5) is 0 Å². The molecule has 0 amide bonds. The van der Waals surface area contributed by atoms with Gasteiger partial charge in [-0.25, -0.2) is 4.59 Å². The second kappa shape index (κ2) is 4.37. The van der Waals surface area contributed by atoms with Crippen LogP contribution in [0, 0.1) is 5.41 Å². The minimum Gasteiger partial charge on any atom is -0.388 e. The van der Waals surface area contributed by atoms with Crippen LogP contribution in [0.1, 0.15) is 20.8 Å². The van der Waals surface area contributed by atoms with Gasteiger partial charge in [0.05, 0.1) is 0 Å². The Morgan fingerprint density at radius 1 is 1.33 bits per heavy atom. The van der Waals surface area contributed by atoms with Crippen LogP contribution in [-0.2, 0) is 0 Å². The summed E-state index contributed by atoms with van der Waals surface area (Å²) in [7, 11) is 3.98. The average Bonchev–Trinajstić information content (AvgIpc) is 2.16. The highest BCUT2D eigenvalue weighted by molar-refractivity contribution is 5.17. The fourth-order valence-electron chi connectivity index (χ4n) is 2.01. The number of likely N-dealkylation sites (N-methyl/N-ethyl adjacent to an activating group) is 1. The van der Waals surface area contributed by atoms with Crippen molar-refractivity contribution in [3.63, 3.8) is 0 Å². The Morgan fingerprint density at radius 3 is 2.33 bits per heavy atom. The molecular formula is C12H24N3+. The third kappa shape index (κ3) is 3.36. The molecule has 1 aliphatic rings. The fraction of sp³-hybridized carbons (Fsp3) is 0.667. The molecule has 0 spiro atoms. The lowest BCUT2D eigenvalue weighted by Gasteiger charge is -2.38. The zero-order valence-corrected chi connectivity index (χ0v) is 10.6. The van der Waals surface area contributed by atoms with Crippen molar-refractivity contribution in [3.8, 4) is 0 Å². The summed E-state index contributed by atoms with van der Waals surface area (Å²) in [4.78, 5) is 0. The summed E-state index contributed by atoms with van der Waals surface area (Å²) in [5, 5.41) is 3.17. The predicted molar refractivity (Wildman–Crippen MR) is 64.8 cm³/mol. The fourth-order valence-corrected chi connectivity index (χ4v) is 2.01. The average molecular weight is 210 g/mol. The van der Waals surface area contributed by atoms with E-state index < -0.39 is 0 Å². The highest BCUT2D eigenvalue weighted by Gasteiger charge is 2.31.